The number of fused-ring (bicyclic) bond motifs is 2. The summed E-state index contributed by atoms with van der Waals surface area (Å²) in [5.74, 6) is 0.607. The number of aromatic nitrogens is 2. The number of nitrogens with one attached hydrogen (secondary N) is 2. The average molecular weight is 411 g/mol. The molecule has 2 heterocycles. The molecule has 2 aromatic heterocycles. The molecule has 0 unspecified atom stereocenters. The third-order valence-electron chi connectivity index (χ3n) is 4.75. The molecule has 30 heavy (non-hydrogen) atoms. The summed E-state index contributed by atoms with van der Waals surface area (Å²) in [6, 6.07) is 24.0. The van der Waals surface area contributed by atoms with Crippen molar-refractivity contribution in [3.63, 3.8) is 0 Å². The summed E-state index contributed by atoms with van der Waals surface area (Å²) >= 11 is 1.63. The minimum atomic E-state index is -0.0942. The second kappa shape index (κ2) is 7.57. The number of amides is 1. The maximum Gasteiger partial charge on any atom is 0.221 e. The molecule has 5 aromatic rings. The lowest BCUT2D eigenvalue weighted by atomic mass is 10.1. The molecule has 0 aliphatic carbocycles. The molecule has 0 fully saturated rings. The molecule has 3 aromatic carbocycles. The Morgan fingerprint density at radius 3 is 2.13 bits per heavy atom. The zero-order valence-electron chi connectivity index (χ0n) is 16.2. The number of anilines is 3. The predicted octanol–water partition coefficient (Wildman–Crippen LogP) is 6.21. The fourth-order valence-corrected chi connectivity index (χ4v) is 4.11. The van der Waals surface area contributed by atoms with Gasteiger partial charge in [0.25, 0.3) is 0 Å². The van der Waals surface area contributed by atoms with Crippen LogP contribution in [0.25, 0.3) is 32.4 Å². The third kappa shape index (κ3) is 3.60. The van der Waals surface area contributed by atoms with E-state index >= 15 is 0 Å². The zero-order valence-corrected chi connectivity index (χ0v) is 17.0. The van der Waals surface area contributed by atoms with Crippen LogP contribution in [0.4, 0.5) is 17.2 Å². The smallest absolute Gasteiger partial charge is 0.221 e. The molecule has 0 radical (unpaired) electrons. The topological polar surface area (TPSA) is 66.9 Å². The maximum absolute atomic E-state index is 11.2. The van der Waals surface area contributed by atoms with Gasteiger partial charge in [-0.15, -0.1) is 11.3 Å². The summed E-state index contributed by atoms with van der Waals surface area (Å²) in [4.78, 5) is 22.1. The van der Waals surface area contributed by atoms with Gasteiger partial charge in [0.1, 0.15) is 5.69 Å². The Labute approximate surface area is 177 Å². The number of nitrogens with zero attached hydrogens (tertiary/aromatic N) is 2. The fraction of sp³-hybridized carbons (Fsp3) is 0.0417. The molecular formula is C24H18N4OS. The van der Waals surface area contributed by atoms with E-state index in [1.54, 1.807) is 11.3 Å². The van der Waals surface area contributed by atoms with Gasteiger partial charge in [-0.25, -0.2) is 9.97 Å². The molecule has 0 saturated carbocycles. The van der Waals surface area contributed by atoms with Crippen molar-refractivity contribution in [2.24, 2.45) is 0 Å². The predicted molar refractivity (Wildman–Crippen MR) is 124 cm³/mol. The minimum Gasteiger partial charge on any atom is -0.338 e. The number of hydrogen-bond acceptors (Lipinski definition) is 5. The van der Waals surface area contributed by atoms with Crippen molar-refractivity contribution in [3.8, 4) is 10.6 Å². The SMILES string of the molecule is CC(=O)Nc1ccc(Nc2nc3cc4ccccc4cc3nc2-c2cccs2)cc1. The van der Waals surface area contributed by atoms with Gasteiger partial charge in [-0.05, 0) is 58.6 Å². The number of rotatable bonds is 4. The number of carbonyl (C=O) groups excluding carboxylic acids is 1. The average Bonchev–Trinajstić information content (AvgIpc) is 3.27. The van der Waals surface area contributed by atoms with E-state index < -0.39 is 0 Å². The summed E-state index contributed by atoms with van der Waals surface area (Å²) in [5, 5.41) is 10.5. The van der Waals surface area contributed by atoms with E-state index in [-0.39, 0.29) is 5.91 Å². The first-order valence-electron chi connectivity index (χ1n) is 9.55. The van der Waals surface area contributed by atoms with Gasteiger partial charge in [0.05, 0.1) is 15.9 Å². The van der Waals surface area contributed by atoms with Crippen LogP contribution in [0.2, 0.25) is 0 Å². The van der Waals surface area contributed by atoms with Crippen LogP contribution >= 0.6 is 11.3 Å². The van der Waals surface area contributed by atoms with Gasteiger partial charge in [-0.3, -0.25) is 4.79 Å². The van der Waals surface area contributed by atoms with Gasteiger partial charge in [0.15, 0.2) is 5.82 Å². The van der Waals surface area contributed by atoms with Crippen LogP contribution in [0.1, 0.15) is 6.92 Å². The highest BCUT2D eigenvalue weighted by molar-refractivity contribution is 7.13. The molecule has 2 N–H and O–H groups in total. The van der Waals surface area contributed by atoms with Gasteiger partial charge in [-0.1, -0.05) is 30.3 Å². The van der Waals surface area contributed by atoms with Crippen molar-refractivity contribution >= 4 is 56.2 Å². The Hall–Kier alpha value is -3.77. The van der Waals surface area contributed by atoms with Crippen molar-refractivity contribution in [2.45, 2.75) is 6.92 Å². The maximum atomic E-state index is 11.2. The molecule has 5 rings (SSSR count). The van der Waals surface area contributed by atoms with Crippen LogP contribution in [0, 0.1) is 0 Å². The zero-order chi connectivity index (χ0) is 20.5. The molecule has 6 heteroatoms. The first-order valence-corrected chi connectivity index (χ1v) is 10.4. The standard InChI is InChI=1S/C24H18N4OS/c1-15(29)25-18-8-10-19(11-9-18)26-24-23(22-7-4-12-30-22)27-20-13-16-5-2-3-6-17(16)14-21(20)28-24/h2-14H,1H3,(H,25,29)(H,26,28). The lowest BCUT2D eigenvalue weighted by Gasteiger charge is -2.12. The van der Waals surface area contributed by atoms with Gasteiger partial charge in [0, 0.05) is 18.3 Å². The Morgan fingerprint density at radius 2 is 1.50 bits per heavy atom. The van der Waals surface area contributed by atoms with Crippen LogP contribution < -0.4 is 10.6 Å². The minimum absolute atomic E-state index is 0.0942. The summed E-state index contributed by atoms with van der Waals surface area (Å²) in [6.07, 6.45) is 0. The molecule has 0 atom stereocenters. The van der Waals surface area contributed by atoms with E-state index in [4.69, 9.17) is 9.97 Å². The molecular weight excluding hydrogens is 392 g/mol. The van der Waals surface area contributed by atoms with Crippen LogP contribution in [-0.2, 0) is 4.79 Å². The van der Waals surface area contributed by atoms with Crippen LogP contribution in [-0.4, -0.2) is 15.9 Å². The van der Waals surface area contributed by atoms with Crippen LogP contribution in [0.15, 0.2) is 78.2 Å². The second-order valence-electron chi connectivity index (χ2n) is 6.97. The Morgan fingerprint density at radius 1 is 0.833 bits per heavy atom. The molecule has 0 aliphatic rings. The number of carbonyl (C=O) groups is 1. The molecule has 146 valence electrons. The Kier molecular flexibility index (Phi) is 4.61. The number of hydrogen-bond donors (Lipinski definition) is 2. The monoisotopic (exact) mass is 410 g/mol. The summed E-state index contributed by atoms with van der Waals surface area (Å²) < 4.78 is 0. The van der Waals surface area contributed by atoms with Crippen molar-refractivity contribution in [2.75, 3.05) is 10.6 Å². The molecule has 0 spiro atoms. The molecule has 0 saturated heterocycles. The quantitative estimate of drug-likeness (QED) is 0.346. The van der Waals surface area contributed by atoms with Crippen LogP contribution in [0.3, 0.4) is 0 Å². The van der Waals surface area contributed by atoms with E-state index in [2.05, 4.69) is 34.9 Å². The van der Waals surface area contributed by atoms with Gasteiger partial charge in [-0.2, -0.15) is 0 Å². The van der Waals surface area contributed by atoms with E-state index in [0.717, 1.165) is 43.8 Å². The summed E-state index contributed by atoms with van der Waals surface area (Å²) in [7, 11) is 0. The van der Waals surface area contributed by atoms with E-state index in [9.17, 15) is 4.79 Å². The highest BCUT2D eigenvalue weighted by Gasteiger charge is 2.13. The summed E-state index contributed by atoms with van der Waals surface area (Å²) in [5.41, 5.74) is 4.15. The molecule has 0 aliphatic heterocycles. The fourth-order valence-electron chi connectivity index (χ4n) is 3.39. The van der Waals surface area contributed by atoms with Gasteiger partial charge < -0.3 is 10.6 Å². The highest BCUT2D eigenvalue weighted by Crippen LogP contribution is 2.33. The van der Waals surface area contributed by atoms with E-state index in [1.165, 1.54) is 6.92 Å². The second-order valence-corrected chi connectivity index (χ2v) is 7.92. The van der Waals surface area contributed by atoms with E-state index in [0.29, 0.717) is 5.82 Å². The first-order chi connectivity index (χ1) is 14.7. The molecule has 5 nitrogen and oxygen atoms in total. The summed E-state index contributed by atoms with van der Waals surface area (Å²) in [6.45, 7) is 1.49. The number of benzene rings is 3. The largest absolute Gasteiger partial charge is 0.338 e. The van der Waals surface area contributed by atoms with Crippen molar-refractivity contribution in [3.05, 3.63) is 78.2 Å². The third-order valence-corrected chi connectivity index (χ3v) is 5.63. The Balaban J connectivity index is 1.60. The lowest BCUT2D eigenvalue weighted by molar-refractivity contribution is -0.114. The number of thiophene rings is 1. The highest BCUT2D eigenvalue weighted by atomic mass is 32.1. The first kappa shape index (κ1) is 18.3. The van der Waals surface area contributed by atoms with E-state index in [1.807, 2.05) is 53.9 Å². The lowest BCUT2D eigenvalue weighted by Crippen LogP contribution is -2.05. The van der Waals surface area contributed by atoms with Crippen molar-refractivity contribution < 1.29 is 4.79 Å². The van der Waals surface area contributed by atoms with Crippen molar-refractivity contribution in [1.82, 2.24) is 9.97 Å². The van der Waals surface area contributed by atoms with Crippen LogP contribution in [0.5, 0.6) is 0 Å². The molecule has 1 amide bonds. The Bertz CT molecular complexity index is 1360. The van der Waals surface area contributed by atoms with Gasteiger partial charge >= 0.3 is 0 Å². The normalized spacial score (nSPS) is 11.0. The molecule has 0 bridgehead atoms. The van der Waals surface area contributed by atoms with Gasteiger partial charge in [0.2, 0.25) is 5.91 Å². The van der Waals surface area contributed by atoms with Crippen molar-refractivity contribution in [1.29, 1.82) is 0 Å².